The summed E-state index contributed by atoms with van der Waals surface area (Å²) in [6, 6.07) is 3.60. The van der Waals surface area contributed by atoms with Gasteiger partial charge in [-0.3, -0.25) is 0 Å². The molecule has 20 heavy (non-hydrogen) atoms. The number of rotatable bonds is 2. The minimum Gasteiger partial charge on any atom is -0.478 e. The maximum absolute atomic E-state index is 11.5. The summed E-state index contributed by atoms with van der Waals surface area (Å²) in [5.74, 6) is -0.284. The Bertz CT molecular complexity index is 547. The molecule has 2 unspecified atom stereocenters. The molecule has 4 nitrogen and oxygen atoms in total. The number of anilines is 2. The molecule has 1 aliphatic carbocycles. The van der Waals surface area contributed by atoms with Crippen molar-refractivity contribution in [3.63, 3.8) is 0 Å². The molecule has 5 heteroatoms. The van der Waals surface area contributed by atoms with Crippen molar-refractivity contribution in [3.8, 4) is 0 Å². The van der Waals surface area contributed by atoms with Gasteiger partial charge in [0.05, 0.1) is 16.3 Å². The van der Waals surface area contributed by atoms with Gasteiger partial charge in [0, 0.05) is 18.3 Å². The highest BCUT2D eigenvalue weighted by molar-refractivity contribution is 6.34. The minimum absolute atomic E-state index is 0.225. The molecule has 1 saturated heterocycles. The Morgan fingerprint density at radius 2 is 2.05 bits per heavy atom. The first-order valence-electron chi connectivity index (χ1n) is 7.17. The maximum atomic E-state index is 11.5. The maximum Gasteiger partial charge on any atom is 0.337 e. The Hall–Kier alpha value is -1.42. The molecule has 0 aromatic heterocycles. The fourth-order valence-corrected chi connectivity index (χ4v) is 4.14. The number of halogens is 1. The third-order valence-corrected chi connectivity index (χ3v) is 4.88. The number of fused-ring (bicyclic) bond motifs is 1. The molecule has 3 rings (SSSR count). The molecule has 0 spiro atoms. The van der Waals surface area contributed by atoms with Crippen molar-refractivity contribution < 1.29 is 9.90 Å². The SMILES string of the molecule is Nc1cc(Cl)c(N2CCCC3CCCC32)c(C(=O)O)c1. The van der Waals surface area contributed by atoms with E-state index in [4.69, 9.17) is 17.3 Å². The number of hydrogen-bond acceptors (Lipinski definition) is 3. The largest absolute Gasteiger partial charge is 0.478 e. The highest BCUT2D eigenvalue weighted by Crippen LogP contribution is 2.43. The van der Waals surface area contributed by atoms with Crippen LogP contribution in [0.5, 0.6) is 0 Å². The van der Waals surface area contributed by atoms with Crippen LogP contribution in [0.1, 0.15) is 42.5 Å². The van der Waals surface area contributed by atoms with Gasteiger partial charge in [0.25, 0.3) is 0 Å². The summed E-state index contributed by atoms with van der Waals surface area (Å²) in [5.41, 5.74) is 7.02. The topological polar surface area (TPSA) is 66.6 Å². The summed E-state index contributed by atoms with van der Waals surface area (Å²) in [4.78, 5) is 13.7. The van der Waals surface area contributed by atoms with Gasteiger partial charge in [0.15, 0.2) is 0 Å². The molecule has 0 bridgehead atoms. The van der Waals surface area contributed by atoms with Gasteiger partial charge in [-0.25, -0.2) is 4.79 Å². The Morgan fingerprint density at radius 3 is 2.80 bits per heavy atom. The quantitative estimate of drug-likeness (QED) is 0.821. The van der Waals surface area contributed by atoms with E-state index in [-0.39, 0.29) is 5.56 Å². The second kappa shape index (κ2) is 5.17. The molecule has 0 radical (unpaired) electrons. The van der Waals surface area contributed by atoms with E-state index in [0.717, 1.165) is 19.4 Å². The number of carbonyl (C=O) groups is 1. The van der Waals surface area contributed by atoms with E-state index in [1.54, 1.807) is 6.07 Å². The number of carboxylic acids is 1. The zero-order valence-corrected chi connectivity index (χ0v) is 12.1. The Labute approximate surface area is 123 Å². The standard InChI is InChI=1S/C15H19ClN2O2/c16-12-8-10(17)7-11(15(19)20)14(12)18-6-2-4-9-3-1-5-13(9)18/h7-9,13H,1-6,17H2,(H,19,20). The lowest BCUT2D eigenvalue weighted by Crippen LogP contribution is -2.43. The van der Waals surface area contributed by atoms with Crippen LogP contribution < -0.4 is 10.6 Å². The lowest BCUT2D eigenvalue weighted by molar-refractivity contribution is 0.0697. The van der Waals surface area contributed by atoms with Crippen LogP contribution in [0.2, 0.25) is 5.02 Å². The van der Waals surface area contributed by atoms with E-state index in [2.05, 4.69) is 4.90 Å². The van der Waals surface area contributed by atoms with Crippen LogP contribution in [0.15, 0.2) is 12.1 Å². The number of piperidine rings is 1. The lowest BCUT2D eigenvalue weighted by atomic mass is 9.91. The number of benzene rings is 1. The fourth-order valence-electron chi connectivity index (χ4n) is 3.81. The molecular formula is C15H19ClN2O2. The smallest absolute Gasteiger partial charge is 0.337 e. The number of aromatic carboxylic acids is 1. The average molecular weight is 295 g/mol. The van der Waals surface area contributed by atoms with Gasteiger partial charge in [-0.15, -0.1) is 0 Å². The number of carboxylic acid groups (broad SMARTS) is 1. The average Bonchev–Trinajstić information content (AvgIpc) is 2.86. The number of hydrogen-bond donors (Lipinski definition) is 2. The van der Waals surface area contributed by atoms with Gasteiger partial charge < -0.3 is 15.7 Å². The van der Waals surface area contributed by atoms with Crippen LogP contribution in [0.4, 0.5) is 11.4 Å². The first-order chi connectivity index (χ1) is 9.58. The Kier molecular flexibility index (Phi) is 3.50. The minimum atomic E-state index is -0.964. The summed E-state index contributed by atoms with van der Waals surface area (Å²) >= 11 is 6.32. The second-order valence-corrected chi connectivity index (χ2v) is 6.21. The molecule has 1 saturated carbocycles. The van der Waals surface area contributed by atoms with E-state index >= 15 is 0 Å². The van der Waals surface area contributed by atoms with E-state index in [9.17, 15) is 9.90 Å². The van der Waals surface area contributed by atoms with Crippen molar-refractivity contribution in [2.24, 2.45) is 5.92 Å². The molecule has 1 aromatic carbocycles. The van der Waals surface area contributed by atoms with Crippen LogP contribution in [0.3, 0.4) is 0 Å². The second-order valence-electron chi connectivity index (χ2n) is 5.80. The summed E-state index contributed by atoms with van der Waals surface area (Å²) in [6.45, 7) is 0.880. The molecule has 1 heterocycles. The van der Waals surface area contributed by atoms with Crippen LogP contribution in [0, 0.1) is 5.92 Å². The van der Waals surface area contributed by atoms with Crippen molar-refractivity contribution in [2.45, 2.75) is 38.1 Å². The van der Waals surface area contributed by atoms with E-state index in [1.165, 1.54) is 25.3 Å². The molecule has 0 amide bonds. The van der Waals surface area contributed by atoms with E-state index < -0.39 is 5.97 Å². The molecule has 1 aromatic rings. The normalized spacial score (nSPS) is 25.6. The van der Waals surface area contributed by atoms with Gasteiger partial charge in [0.2, 0.25) is 0 Å². The summed E-state index contributed by atoms with van der Waals surface area (Å²) in [7, 11) is 0. The first kappa shape index (κ1) is 13.6. The Balaban J connectivity index is 2.06. The molecule has 1 aliphatic heterocycles. The molecule has 3 N–H and O–H groups in total. The monoisotopic (exact) mass is 294 g/mol. The molecular weight excluding hydrogens is 276 g/mol. The van der Waals surface area contributed by atoms with Gasteiger partial charge in [0.1, 0.15) is 0 Å². The zero-order valence-electron chi connectivity index (χ0n) is 11.3. The van der Waals surface area contributed by atoms with Gasteiger partial charge >= 0.3 is 5.97 Å². The van der Waals surface area contributed by atoms with Crippen molar-refractivity contribution in [2.75, 3.05) is 17.2 Å². The predicted molar refractivity (Wildman–Crippen MR) is 80.5 cm³/mol. The third-order valence-electron chi connectivity index (χ3n) is 4.60. The van der Waals surface area contributed by atoms with Crippen LogP contribution in [-0.4, -0.2) is 23.7 Å². The number of nitrogens with two attached hydrogens (primary N) is 1. The summed E-state index contributed by atoms with van der Waals surface area (Å²) in [5, 5.41) is 9.90. The molecule has 2 atom stereocenters. The van der Waals surface area contributed by atoms with Crippen LogP contribution in [0.25, 0.3) is 0 Å². The lowest BCUT2D eigenvalue weighted by Gasteiger charge is -2.40. The van der Waals surface area contributed by atoms with Crippen molar-refractivity contribution in [3.05, 3.63) is 22.7 Å². The highest BCUT2D eigenvalue weighted by Gasteiger charge is 2.37. The predicted octanol–water partition coefficient (Wildman–Crippen LogP) is 3.39. The molecule has 2 aliphatic rings. The molecule has 2 fully saturated rings. The number of nitrogens with zero attached hydrogens (tertiary/aromatic N) is 1. The fraction of sp³-hybridized carbons (Fsp3) is 0.533. The van der Waals surface area contributed by atoms with E-state index in [0.29, 0.717) is 28.4 Å². The van der Waals surface area contributed by atoms with Crippen LogP contribution in [-0.2, 0) is 0 Å². The highest BCUT2D eigenvalue weighted by atomic mass is 35.5. The molecule has 108 valence electrons. The van der Waals surface area contributed by atoms with Gasteiger partial charge in [-0.1, -0.05) is 18.0 Å². The summed E-state index contributed by atoms with van der Waals surface area (Å²) < 4.78 is 0. The van der Waals surface area contributed by atoms with Crippen LogP contribution >= 0.6 is 11.6 Å². The van der Waals surface area contributed by atoms with Crippen molar-refractivity contribution >= 4 is 28.9 Å². The number of nitrogen functional groups attached to an aromatic ring is 1. The van der Waals surface area contributed by atoms with Crippen molar-refractivity contribution in [1.82, 2.24) is 0 Å². The van der Waals surface area contributed by atoms with Gasteiger partial charge in [-0.2, -0.15) is 0 Å². The van der Waals surface area contributed by atoms with Gasteiger partial charge in [-0.05, 0) is 43.7 Å². The third kappa shape index (κ3) is 2.22. The summed E-state index contributed by atoms with van der Waals surface area (Å²) in [6.07, 6.45) is 5.94. The van der Waals surface area contributed by atoms with E-state index in [1.807, 2.05) is 0 Å². The van der Waals surface area contributed by atoms with Crippen molar-refractivity contribution in [1.29, 1.82) is 0 Å². The first-order valence-corrected chi connectivity index (χ1v) is 7.54. The Morgan fingerprint density at radius 1 is 1.30 bits per heavy atom. The zero-order chi connectivity index (χ0) is 14.3.